The standard InChI is InChI=1S/C20H28N6O2/c1-15-5-6-18(28-4)16(11-15)7-8-22-20(21-2)25-9-10-26(19(27)14-25)17-12-23-24(3)13-17/h5-6,11-13H,7-10,14H2,1-4H3,(H,21,22). The van der Waals surface area contributed by atoms with Crippen LogP contribution < -0.4 is 15.0 Å². The summed E-state index contributed by atoms with van der Waals surface area (Å²) in [6.07, 6.45) is 4.39. The molecule has 28 heavy (non-hydrogen) atoms. The topological polar surface area (TPSA) is 75.0 Å². The number of hydrogen-bond acceptors (Lipinski definition) is 4. The zero-order chi connectivity index (χ0) is 20.1. The Morgan fingerprint density at radius 1 is 1.36 bits per heavy atom. The summed E-state index contributed by atoms with van der Waals surface area (Å²) in [4.78, 5) is 20.7. The Kier molecular flexibility index (Phi) is 6.18. The summed E-state index contributed by atoms with van der Waals surface area (Å²) >= 11 is 0. The van der Waals surface area contributed by atoms with Crippen LogP contribution in [0.1, 0.15) is 11.1 Å². The zero-order valence-corrected chi connectivity index (χ0v) is 17.0. The molecule has 1 N–H and O–H groups in total. The van der Waals surface area contributed by atoms with E-state index in [-0.39, 0.29) is 5.91 Å². The lowest BCUT2D eigenvalue weighted by molar-refractivity contribution is -0.120. The van der Waals surface area contributed by atoms with Crippen molar-refractivity contribution in [1.82, 2.24) is 20.0 Å². The van der Waals surface area contributed by atoms with Crippen molar-refractivity contribution in [3.8, 4) is 5.75 Å². The number of nitrogens with one attached hydrogen (secondary N) is 1. The first-order valence-corrected chi connectivity index (χ1v) is 9.40. The van der Waals surface area contributed by atoms with E-state index in [9.17, 15) is 4.79 Å². The second-order valence-electron chi connectivity index (χ2n) is 6.88. The summed E-state index contributed by atoms with van der Waals surface area (Å²) in [5.41, 5.74) is 3.20. The third-order valence-electron chi connectivity index (χ3n) is 4.85. The maximum Gasteiger partial charge on any atom is 0.246 e. The summed E-state index contributed by atoms with van der Waals surface area (Å²) in [7, 11) is 5.28. The molecule has 1 aliphatic heterocycles. The number of rotatable bonds is 5. The van der Waals surface area contributed by atoms with Gasteiger partial charge in [-0.05, 0) is 25.0 Å². The Balaban J connectivity index is 1.56. The second kappa shape index (κ2) is 8.77. The molecule has 1 aromatic carbocycles. The highest BCUT2D eigenvalue weighted by Gasteiger charge is 2.27. The number of methoxy groups -OCH3 is 1. The van der Waals surface area contributed by atoms with Crippen molar-refractivity contribution in [2.24, 2.45) is 12.0 Å². The molecule has 1 amide bonds. The van der Waals surface area contributed by atoms with Gasteiger partial charge in [0.1, 0.15) is 12.3 Å². The molecule has 1 aromatic heterocycles. The summed E-state index contributed by atoms with van der Waals surface area (Å²) in [5, 5.41) is 7.52. The Morgan fingerprint density at radius 3 is 2.82 bits per heavy atom. The van der Waals surface area contributed by atoms with Crippen molar-refractivity contribution in [3.05, 3.63) is 41.7 Å². The fraction of sp³-hybridized carbons (Fsp3) is 0.450. The van der Waals surface area contributed by atoms with Crippen molar-refractivity contribution < 1.29 is 9.53 Å². The number of carbonyl (C=O) groups excluding carboxylic acids is 1. The van der Waals surface area contributed by atoms with Crippen LogP contribution in [0.15, 0.2) is 35.6 Å². The first-order valence-electron chi connectivity index (χ1n) is 9.40. The number of anilines is 1. The van der Waals surface area contributed by atoms with Gasteiger partial charge in [0.05, 0.1) is 19.0 Å². The van der Waals surface area contributed by atoms with Crippen LogP contribution in [0.4, 0.5) is 5.69 Å². The Bertz CT molecular complexity index is 860. The smallest absolute Gasteiger partial charge is 0.246 e. The molecule has 3 rings (SSSR count). The van der Waals surface area contributed by atoms with E-state index in [1.165, 1.54) is 5.56 Å². The van der Waals surface area contributed by atoms with Crippen LogP contribution in [0.2, 0.25) is 0 Å². The van der Waals surface area contributed by atoms with Crippen molar-refractivity contribution in [3.63, 3.8) is 0 Å². The molecule has 150 valence electrons. The van der Waals surface area contributed by atoms with Gasteiger partial charge in [0.25, 0.3) is 0 Å². The average molecular weight is 384 g/mol. The molecule has 1 aliphatic rings. The number of benzene rings is 1. The van der Waals surface area contributed by atoms with Crippen molar-refractivity contribution in [2.45, 2.75) is 13.3 Å². The van der Waals surface area contributed by atoms with Gasteiger partial charge in [0, 0.05) is 39.9 Å². The minimum Gasteiger partial charge on any atom is -0.496 e. The van der Waals surface area contributed by atoms with Gasteiger partial charge in [-0.3, -0.25) is 14.5 Å². The van der Waals surface area contributed by atoms with E-state index in [0.717, 1.165) is 29.4 Å². The highest BCUT2D eigenvalue weighted by atomic mass is 16.5. The van der Waals surface area contributed by atoms with Crippen LogP contribution in [0, 0.1) is 6.92 Å². The van der Waals surface area contributed by atoms with Gasteiger partial charge in [-0.15, -0.1) is 0 Å². The van der Waals surface area contributed by atoms with Gasteiger partial charge >= 0.3 is 0 Å². The summed E-state index contributed by atoms with van der Waals surface area (Å²) in [5.74, 6) is 1.68. The molecule has 0 saturated carbocycles. The normalized spacial score (nSPS) is 15.1. The molecule has 0 bridgehead atoms. The molecular formula is C20H28N6O2. The number of hydrogen-bond donors (Lipinski definition) is 1. The summed E-state index contributed by atoms with van der Waals surface area (Å²) < 4.78 is 7.15. The zero-order valence-electron chi connectivity index (χ0n) is 17.0. The first kappa shape index (κ1) is 19.7. The van der Waals surface area contributed by atoms with Crippen LogP contribution in [-0.4, -0.2) is 66.9 Å². The van der Waals surface area contributed by atoms with Gasteiger partial charge in [-0.2, -0.15) is 5.10 Å². The number of aromatic nitrogens is 2. The Labute approximate surface area is 165 Å². The number of ether oxygens (including phenoxy) is 1. The summed E-state index contributed by atoms with van der Waals surface area (Å²) in [6, 6.07) is 6.18. The number of aliphatic imine (C=N–C) groups is 1. The van der Waals surface area contributed by atoms with Crippen LogP contribution in [0.25, 0.3) is 0 Å². The second-order valence-corrected chi connectivity index (χ2v) is 6.88. The molecule has 0 radical (unpaired) electrons. The van der Waals surface area contributed by atoms with Crippen molar-refractivity contribution in [1.29, 1.82) is 0 Å². The largest absolute Gasteiger partial charge is 0.496 e. The van der Waals surface area contributed by atoms with E-state index < -0.39 is 0 Å². The van der Waals surface area contributed by atoms with E-state index in [2.05, 4.69) is 28.4 Å². The molecule has 0 spiro atoms. The lowest BCUT2D eigenvalue weighted by Gasteiger charge is -2.35. The van der Waals surface area contributed by atoms with E-state index in [1.807, 2.05) is 30.3 Å². The van der Waals surface area contributed by atoms with Gasteiger partial charge in [-0.25, -0.2) is 0 Å². The Morgan fingerprint density at radius 2 is 2.18 bits per heavy atom. The quantitative estimate of drug-likeness (QED) is 0.619. The Hall–Kier alpha value is -3.03. The number of aryl methyl sites for hydroxylation is 2. The molecule has 1 fully saturated rings. The third-order valence-corrected chi connectivity index (χ3v) is 4.85. The maximum atomic E-state index is 12.6. The molecule has 1 saturated heterocycles. The summed E-state index contributed by atoms with van der Waals surface area (Å²) in [6.45, 7) is 4.40. The first-order chi connectivity index (χ1) is 13.5. The van der Waals surface area contributed by atoms with E-state index in [0.29, 0.717) is 26.2 Å². The number of amides is 1. The average Bonchev–Trinajstić information content (AvgIpc) is 3.11. The number of piperazine rings is 1. The van der Waals surface area contributed by atoms with E-state index in [4.69, 9.17) is 4.74 Å². The highest BCUT2D eigenvalue weighted by molar-refractivity contribution is 5.98. The van der Waals surface area contributed by atoms with E-state index >= 15 is 0 Å². The number of nitrogens with zero attached hydrogens (tertiary/aromatic N) is 5. The molecule has 8 nitrogen and oxygen atoms in total. The van der Waals surface area contributed by atoms with Gasteiger partial charge in [0.15, 0.2) is 5.96 Å². The number of guanidine groups is 1. The lowest BCUT2D eigenvalue weighted by Crippen LogP contribution is -2.55. The monoisotopic (exact) mass is 384 g/mol. The minimum atomic E-state index is 0.0440. The molecule has 2 heterocycles. The SMILES string of the molecule is CN=C(NCCc1cc(C)ccc1OC)N1CCN(c2cnn(C)c2)C(=O)C1. The van der Waals surface area contributed by atoms with Crippen LogP contribution >= 0.6 is 0 Å². The van der Waals surface area contributed by atoms with E-state index in [1.54, 1.807) is 29.9 Å². The predicted molar refractivity (Wildman–Crippen MR) is 110 cm³/mol. The van der Waals surface area contributed by atoms with Crippen LogP contribution in [0.3, 0.4) is 0 Å². The predicted octanol–water partition coefficient (Wildman–Crippen LogP) is 1.20. The molecule has 2 aromatic rings. The highest BCUT2D eigenvalue weighted by Crippen LogP contribution is 2.20. The van der Waals surface area contributed by atoms with Crippen molar-refractivity contribution >= 4 is 17.6 Å². The molecule has 0 aliphatic carbocycles. The molecular weight excluding hydrogens is 356 g/mol. The van der Waals surface area contributed by atoms with Gasteiger partial charge in [-0.1, -0.05) is 17.7 Å². The maximum absolute atomic E-state index is 12.6. The molecule has 8 heteroatoms. The lowest BCUT2D eigenvalue weighted by atomic mass is 10.1. The van der Waals surface area contributed by atoms with Crippen molar-refractivity contribution in [2.75, 3.05) is 45.2 Å². The van der Waals surface area contributed by atoms with Gasteiger partial charge in [0.2, 0.25) is 5.91 Å². The number of carbonyl (C=O) groups is 1. The van der Waals surface area contributed by atoms with Gasteiger partial charge < -0.3 is 19.9 Å². The fourth-order valence-corrected chi connectivity index (χ4v) is 3.42. The van der Waals surface area contributed by atoms with Crippen LogP contribution in [0.5, 0.6) is 5.75 Å². The minimum absolute atomic E-state index is 0.0440. The van der Waals surface area contributed by atoms with Crippen LogP contribution in [-0.2, 0) is 18.3 Å². The molecule has 0 unspecified atom stereocenters. The fourth-order valence-electron chi connectivity index (χ4n) is 3.42. The molecule has 0 atom stereocenters. The third kappa shape index (κ3) is 4.44.